The van der Waals surface area contributed by atoms with Crippen molar-refractivity contribution in [2.45, 2.75) is 0 Å². The summed E-state index contributed by atoms with van der Waals surface area (Å²) >= 11 is 1.84. The van der Waals surface area contributed by atoms with E-state index in [9.17, 15) is 0 Å². The highest BCUT2D eigenvalue weighted by atomic mass is 32.1. The third-order valence-electron chi connectivity index (χ3n) is 8.49. The second-order valence-electron chi connectivity index (χ2n) is 11.2. The van der Waals surface area contributed by atoms with E-state index in [1.807, 2.05) is 47.7 Å². The molecule has 0 saturated heterocycles. The number of nitrogens with zero attached hydrogens (tertiary/aromatic N) is 2. The molecule has 0 fully saturated rings. The molecule has 9 aromatic rings. The van der Waals surface area contributed by atoms with E-state index in [0.717, 1.165) is 50.1 Å². The number of fused-ring (bicyclic) bond motifs is 6. The lowest BCUT2D eigenvalue weighted by molar-refractivity contribution is 0.620. The number of para-hydroxylation sites is 1. The van der Waals surface area contributed by atoms with Crippen LogP contribution in [0.5, 0.6) is 0 Å². The van der Waals surface area contributed by atoms with Crippen molar-refractivity contribution in [3.05, 3.63) is 158 Å². The number of anilines is 3. The van der Waals surface area contributed by atoms with Crippen LogP contribution in [0.4, 0.5) is 17.1 Å². The molecule has 2 aromatic heterocycles. The first-order valence-corrected chi connectivity index (χ1v) is 15.9. The lowest BCUT2D eigenvalue weighted by Gasteiger charge is -2.29. The van der Waals surface area contributed by atoms with Gasteiger partial charge in [0.15, 0.2) is 5.58 Å². The summed E-state index contributed by atoms with van der Waals surface area (Å²) in [7, 11) is 0. The van der Waals surface area contributed by atoms with Crippen molar-refractivity contribution in [2.75, 3.05) is 4.90 Å². The van der Waals surface area contributed by atoms with Crippen LogP contribution in [-0.4, -0.2) is 4.98 Å². The van der Waals surface area contributed by atoms with Gasteiger partial charge in [0.25, 0.3) is 0 Å². The Balaban J connectivity index is 1.35. The molecule has 3 nitrogen and oxygen atoms in total. The molecule has 7 aromatic carbocycles. The van der Waals surface area contributed by atoms with Crippen LogP contribution in [0.2, 0.25) is 0 Å². The van der Waals surface area contributed by atoms with E-state index in [-0.39, 0.29) is 0 Å². The summed E-state index contributed by atoms with van der Waals surface area (Å²) in [5, 5.41) is 4.74. The second-order valence-corrected chi connectivity index (χ2v) is 12.3. The second kappa shape index (κ2) is 10.5. The summed E-state index contributed by atoms with van der Waals surface area (Å²) in [4.78, 5) is 7.50. The van der Waals surface area contributed by atoms with Gasteiger partial charge in [0, 0.05) is 42.4 Å². The molecular weight excluding hydrogens is 569 g/mol. The van der Waals surface area contributed by atoms with Gasteiger partial charge >= 0.3 is 0 Å². The minimum Gasteiger partial charge on any atom is -0.436 e. The molecule has 2 heterocycles. The summed E-state index contributed by atoms with van der Waals surface area (Å²) in [6.45, 7) is 0. The first-order chi connectivity index (χ1) is 22.3. The Morgan fingerprint density at radius 1 is 0.533 bits per heavy atom. The summed E-state index contributed by atoms with van der Waals surface area (Å²) in [6, 6.07) is 55.6. The van der Waals surface area contributed by atoms with Gasteiger partial charge in [-0.05, 0) is 59.5 Å². The summed E-state index contributed by atoms with van der Waals surface area (Å²) in [5.41, 5.74) is 8.14. The van der Waals surface area contributed by atoms with Crippen LogP contribution >= 0.6 is 11.3 Å². The van der Waals surface area contributed by atoms with Crippen molar-refractivity contribution in [3.63, 3.8) is 0 Å². The summed E-state index contributed by atoms with van der Waals surface area (Å²) < 4.78 is 8.92. The van der Waals surface area contributed by atoms with Crippen LogP contribution in [0.3, 0.4) is 0 Å². The molecule has 0 spiro atoms. The maximum atomic E-state index is 6.36. The largest absolute Gasteiger partial charge is 0.436 e. The van der Waals surface area contributed by atoms with Crippen LogP contribution in [-0.2, 0) is 0 Å². The van der Waals surface area contributed by atoms with E-state index in [2.05, 4.69) is 126 Å². The molecule has 9 rings (SSSR count). The molecule has 4 heteroatoms. The maximum Gasteiger partial charge on any atom is 0.227 e. The van der Waals surface area contributed by atoms with Crippen molar-refractivity contribution in [3.8, 4) is 22.6 Å². The standard InChI is InChI=1S/C41H26N2OS/c1-3-12-27(13-4-1)31-17-7-9-19-34(31)43(30-23-24-33-32-18-8-10-21-37(32)45-38(33)26-30)35-20-11-16-28-22-25-36-40(39(28)35)42-41(44-36)29-14-5-2-6-15-29/h1-26H. The van der Waals surface area contributed by atoms with E-state index < -0.39 is 0 Å². The molecular formula is C41H26N2OS. The first-order valence-electron chi connectivity index (χ1n) is 15.1. The molecule has 0 aliphatic rings. The molecule has 45 heavy (non-hydrogen) atoms. The molecule has 0 radical (unpaired) electrons. The topological polar surface area (TPSA) is 29.3 Å². The van der Waals surface area contributed by atoms with Crippen molar-refractivity contribution in [1.82, 2.24) is 4.98 Å². The minimum atomic E-state index is 0.621. The molecule has 212 valence electrons. The molecule has 0 N–H and O–H groups in total. The number of benzene rings is 7. The van der Waals surface area contributed by atoms with E-state index in [0.29, 0.717) is 5.89 Å². The Hall–Kier alpha value is -5.71. The fourth-order valence-electron chi connectivity index (χ4n) is 6.43. The Morgan fingerprint density at radius 3 is 2.11 bits per heavy atom. The molecule has 0 amide bonds. The lowest BCUT2D eigenvalue weighted by Crippen LogP contribution is -2.11. The Bertz CT molecular complexity index is 2500. The van der Waals surface area contributed by atoms with Crippen LogP contribution in [0, 0.1) is 0 Å². The van der Waals surface area contributed by atoms with Gasteiger partial charge in [-0.2, -0.15) is 0 Å². The number of hydrogen-bond donors (Lipinski definition) is 0. The van der Waals surface area contributed by atoms with Crippen LogP contribution in [0.25, 0.3) is 64.6 Å². The fourth-order valence-corrected chi connectivity index (χ4v) is 7.57. The van der Waals surface area contributed by atoms with Crippen LogP contribution in [0.15, 0.2) is 162 Å². The molecule has 0 bridgehead atoms. The smallest absolute Gasteiger partial charge is 0.227 e. The van der Waals surface area contributed by atoms with Gasteiger partial charge in [-0.25, -0.2) is 4.98 Å². The summed E-state index contributed by atoms with van der Waals surface area (Å²) in [5.74, 6) is 0.621. The number of rotatable bonds is 5. The Labute approximate surface area is 264 Å². The average molecular weight is 595 g/mol. The lowest BCUT2D eigenvalue weighted by atomic mass is 10.00. The van der Waals surface area contributed by atoms with Gasteiger partial charge in [0.2, 0.25) is 5.89 Å². The number of oxazole rings is 1. The van der Waals surface area contributed by atoms with Gasteiger partial charge in [-0.1, -0.05) is 109 Å². The zero-order valence-electron chi connectivity index (χ0n) is 24.2. The fraction of sp³-hybridized carbons (Fsp3) is 0. The van der Waals surface area contributed by atoms with Crippen molar-refractivity contribution >= 4 is 70.4 Å². The predicted octanol–water partition coefficient (Wildman–Crippen LogP) is 12.2. The first kappa shape index (κ1) is 25.8. The zero-order valence-corrected chi connectivity index (χ0v) is 25.0. The SMILES string of the molecule is c1ccc(-c2nc3c(ccc4cccc(N(c5ccc6c(c5)sc5ccccc56)c5ccccc5-c5ccccc5)c43)o2)cc1. The van der Waals surface area contributed by atoms with E-state index in [4.69, 9.17) is 9.40 Å². The van der Waals surface area contributed by atoms with Gasteiger partial charge < -0.3 is 9.32 Å². The van der Waals surface area contributed by atoms with Crippen LogP contribution < -0.4 is 4.90 Å². The highest BCUT2D eigenvalue weighted by molar-refractivity contribution is 7.25. The third kappa shape index (κ3) is 4.30. The van der Waals surface area contributed by atoms with Crippen molar-refractivity contribution in [2.24, 2.45) is 0 Å². The number of hydrogen-bond acceptors (Lipinski definition) is 4. The van der Waals surface area contributed by atoms with Crippen molar-refractivity contribution < 1.29 is 4.42 Å². The molecule has 0 aliphatic heterocycles. The van der Waals surface area contributed by atoms with Gasteiger partial charge in [-0.3, -0.25) is 0 Å². The molecule has 0 atom stereocenters. The zero-order chi connectivity index (χ0) is 29.7. The number of aromatic nitrogens is 1. The Morgan fingerprint density at radius 2 is 1.24 bits per heavy atom. The normalized spacial score (nSPS) is 11.6. The number of thiophene rings is 1. The average Bonchev–Trinajstić information content (AvgIpc) is 3.71. The molecule has 0 unspecified atom stereocenters. The third-order valence-corrected chi connectivity index (χ3v) is 9.62. The minimum absolute atomic E-state index is 0.621. The highest BCUT2D eigenvalue weighted by Gasteiger charge is 2.22. The van der Waals surface area contributed by atoms with E-state index in [1.165, 1.54) is 25.7 Å². The van der Waals surface area contributed by atoms with Gasteiger partial charge in [0.05, 0.1) is 11.4 Å². The van der Waals surface area contributed by atoms with Crippen LogP contribution in [0.1, 0.15) is 0 Å². The Kier molecular flexibility index (Phi) is 6.00. The van der Waals surface area contributed by atoms with E-state index >= 15 is 0 Å². The van der Waals surface area contributed by atoms with Gasteiger partial charge in [-0.15, -0.1) is 11.3 Å². The molecule has 0 aliphatic carbocycles. The predicted molar refractivity (Wildman–Crippen MR) is 190 cm³/mol. The van der Waals surface area contributed by atoms with E-state index in [1.54, 1.807) is 0 Å². The maximum absolute atomic E-state index is 6.36. The van der Waals surface area contributed by atoms with Gasteiger partial charge in [0.1, 0.15) is 5.52 Å². The molecule has 0 saturated carbocycles. The summed E-state index contributed by atoms with van der Waals surface area (Å²) in [6.07, 6.45) is 0. The highest BCUT2D eigenvalue weighted by Crippen LogP contribution is 2.47. The van der Waals surface area contributed by atoms with Crippen molar-refractivity contribution in [1.29, 1.82) is 0 Å². The monoisotopic (exact) mass is 594 g/mol. The quantitative estimate of drug-likeness (QED) is 0.198.